The Balaban J connectivity index is 0.000000146. The van der Waals surface area contributed by atoms with Crippen LogP contribution in [0.25, 0.3) is 22.2 Å². The molecule has 1 fully saturated rings. The fraction of sp³-hybridized carbons (Fsp3) is 0.138. The first-order valence-electron chi connectivity index (χ1n) is 27.9. The largest absolute Gasteiger partial charge is 0.495 e. The van der Waals surface area contributed by atoms with Crippen LogP contribution in [0.15, 0.2) is 218 Å². The summed E-state index contributed by atoms with van der Waals surface area (Å²) in [5, 5.41) is 2.40. The summed E-state index contributed by atoms with van der Waals surface area (Å²) in [5.74, 6) is 1.98. The van der Waals surface area contributed by atoms with E-state index in [4.69, 9.17) is 69.8 Å². The van der Waals surface area contributed by atoms with Crippen molar-refractivity contribution in [3.05, 3.63) is 226 Å². The van der Waals surface area contributed by atoms with E-state index in [1.54, 1.807) is 121 Å². The number of benzene rings is 8. The number of carbonyl (C=O) groups excluding carboxylic acids is 1. The van der Waals surface area contributed by atoms with Gasteiger partial charge in [-0.05, 0) is 182 Å². The number of aryl methyl sites for hydroxylation is 1. The molecule has 20 nitrogen and oxygen atoms in total. The standard InChI is InChI=1S/C18H15ClN2O3S.C17H17ClN2O3S.C15H14ClNO4S.C15H12ClNO4S/c1-24-18-10-7-14(19)12-17(18)21-25(22,23)15-8-5-13(6-9-15)16-4-2-3-11-20-16;1-12-4-5-13(18)11-16(12)19-24(22,23)15-8-6-14(7-9-15)20-10-2-3-17(20)21;2*1-20-15-4-2-11(16)9-13(15)17-22(18,19)12-3-5-14-10(8-12)6-7-21-14/h2-12,21H,1H3;4-9,11,19H,2-3,10H2,1H3;2-5,8-9,17H,6-7H2,1H3;2-9,17H,1H3. The molecule has 0 radical (unpaired) electrons. The molecule has 0 bridgehead atoms. The molecule has 12 rings (SSSR count). The Kier molecular flexibility index (Phi) is 22.1. The Morgan fingerprint density at radius 3 is 1.47 bits per heavy atom. The molecule has 10 aromatic rings. The van der Waals surface area contributed by atoms with Crippen molar-refractivity contribution in [2.75, 3.05) is 58.3 Å². The lowest BCUT2D eigenvalue weighted by molar-refractivity contribution is -0.117. The van der Waals surface area contributed by atoms with Crippen LogP contribution in [0.4, 0.5) is 28.4 Å². The minimum atomic E-state index is -3.77. The Bertz CT molecular complexity index is 4820. The van der Waals surface area contributed by atoms with E-state index in [0.717, 1.165) is 40.2 Å². The van der Waals surface area contributed by atoms with E-state index in [1.807, 2.05) is 18.2 Å². The van der Waals surface area contributed by atoms with Crippen LogP contribution in [0.1, 0.15) is 24.0 Å². The molecular formula is C65H58Cl4N6O14S4. The Hall–Kier alpha value is -8.72. The van der Waals surface area contributed by atoms with E-state index in [0.29, 0.717) is 85.7 Å². The van der Waals surface area contributed by atoms with Crippen LogP contribution >= 0.6 is 46.4 Å². The van der Waals surface area contributed by atoms with Crippen LogP contribution in [0, 0.1) is 6.92 Å². The quantitative estimate of drug-likeness (QED) is 0.0660. The minimum absolute atomic E-state index is 0.0679. The third kappa shape index (κ3) is 17.5. The number of carbonyl (C=O) groups is 1. The number of pyridine rings is 1. The van der Waals surface area contributed by atoms with Crippen LogP contribution < -0.4 is 42.7 Å². The summed E-state index contributed by atoms with van der Waals surface area (Å²) in [4.78, 5) is 18.2. The van der Waals surface area contributed by atoms with Crippen LogP contribution in [-0.2, 0) is 51.3 Å². The summed E-state index contributed by atoms with van der Waals surface area (Å²) in [6.07, 6.45) is 5.27. The number of methoxy groups -OCH3 is 3. The number of halogens is 4. The first kappa shape index (κ1) is 68.6. The number of hydrogen-bond acceptors (Lipinski definition) is 15. The zero-order valence-corrected chi connectivity index (χ0v) is 56.1. The lowest BCUT2D eigenvalue weighted by atomic mass is 10.1. The predicted molar refractivity (Wildman–Crippen MR) is 363 cm³/mol. The molecule has 8 aromatic carbocycles. The predicted octanol–water partition coefficient (Wildman–Crippen LogP) is 14.8. The van der Waals surface area contributed by atoms with Crippen molar-refractivity contribution in [1.29, 1.82) is 0 Å². The molecule has 1 saturated heterocycles. The fourth-order valence-corrected chi connectivity index (χ4v) is 14.4. The van der Waals surface area contributed by atoms with E-state index in [2.05, 4.69) is 23.9 Å². The summed E-state index contributed by atoms with van der Waals surface area (Å²) in [7, 11) is -10.6. The van der Waals surface area contributed by atoms with Crippen molar-refractivity contribution in [1.82, 2.24) is 4.98 Å². The topological polar surface area (TPSA) is 268 Å². The highest BCUT2D eigenvalue weighted by Crippen LogP contribution is 2.35. The number of amides is 1. The van der Waals surface area contributed by atoms with Gasteiger partial charge in [0.1, 0.15) is 28.6 Å². The second kappa shape index (κ2) is 29.9. The Morgan fingerprint density at radius 1 is 0.495 bits per heavy atom. The molecule has 4 N–H and O–H groups in total. The number of fused-ring (bicyclic) bond motifs is 2. The molecule has 93 heavy (non-hydrogen) atoms. The molecule has 2 aromatic heterocycles. The summed E-state index contributed by atoms with van der Waals surface area (Å²) >= 11 is 23.7. The second-order valence-electron chi connectivity index (χ2n) is 20.3. The number of nitrogens with one attached hydrogen (secondary N) is 4. The number of aromatic nitrogens is 1. The SMILES string of the molecule is COc1ccc(Cl)cc1NS(=O)(=O)c1ccc(-c2ccccn2)cc1.COc1ccc(Cl)cc1NS(=O)(=O)c1ccc2c(c1)CCO2.COc1ccc(Cl)cc1NS(=O)(=O)c1ccc2occc2c1.Cc1ccc(Cl)cc1NS(=O)(=O)c1ccc(N2CCCC2=O)cc1. The number of anilines is 5. The van der Waals surface area contributed by atoms with Crippen molar-refractivity contribution in [2.24, 2.45) is 0 Å². The first-order valence-corrected chi connectivity index (χ1v) is 35.3. The Morgan fingerprint density at radius 2 is 0.968 bits per heavy atom. The van der Waals surface area contributed by atoms with E-state index >= 15 is 0 Å². The molecule has 0 spiro atoms. The number of rotatable bonds is 17. The van der Waals surface area contributed by atoms with Gasteiger partial charge >= 0.3 is 0 Å². The molecule has 0 atom stereocenters. The van der Waals surface area contributed by atoms with Gasteiger partial charge < -0.3 is 28.3 Å². The average Bonchev–Trinajstić information content (AvgIpc) is 1.85. The van der Waals surface area contributed by atoms with Gasteiger partial charge in [-0.25, -0.2) is 33.7 Å². The molecule has 0 unspecified atom stereocenters. The van der Waals surface area contributed by atoms with Crippen molar-refractivity contribution < 1.29 is 61.8 Å². The summed E-state index contributed by atoms with van der Waals surface area (Å²) in [6, 6.07) is 48.7. The lowest BCUT2D eigenvalue weighted by Gasteiger charge is -2.16. The summed E-state index contributed by atoms with van der Waals surface area (Å²) < 4.78 is 136. The number of sulfonamides is 4. The highest BCUT2D eigenvalue weighted by atomic mass is 35.5. The average molecular weight is 1420 g/mol. The van der Waals surface area contributed by atoms with Crippen molar-refractivity contribution in [2.45, 2.75) is 45.8 Å². The smallest absolute Gasteiger partial charge is 0.262 e. The lowest BCUT2D eigenvalue weighted by Crippen LogP contribution is -2.23. The normalized spacial score (nSPS) is 12.7. The van der Waals surface area contributed by atoms with Gasteiger partial charge in [0.25, 0.3) is 40.1 Å². The van der Waals surface area contributed by atoms with Crippen molar-refractivity contribution in [3.63, 3.8) is 0 Å². The number of furan rings is 1. The van der Waals surface area contributed by atoms with Gasteiger partial charge in [0, 0.05) is 62.3 Å². The zero-order valence-electron chi connectivity index (χ0n) is 49.8. The second-order valence-corrected chi connectivity index (χ2v) is 28.8. The number of ether oxygens (including phenoxy) is 4. The van der Waals surface area contributed by atoms with E-state index in [9.17, 15) is 38.5 Å². The van der Waals surface area contributed by atoms with Gasteiger partial charge in [0.15, 0.2) is 0 Å². The van der Waals surface area contributed by atoms with Gasteiger partial charge in [-0.1, -0.05) is 70.7 Å². The summed E-state index contributed by atoms with van der Waals surface area (Å²) in [6.45, 7) is 3.05. The molecule has 4 heterocycles. The van der Waals surface area contributed by atoms with Crippen LogP contribution in [0.2, 0.25) is 20.1 Å². The summed E-state index contributed by atoms with van der Waals surface area (Å²) in [5.41, 5.74) is 5.92. The highest BCUT2D eigenvalue weighted by molar-refractivity contribution is 7.93. The van der Waals surface area contributed by atoms with Gasteiger partial charge in [-0.2, -0.15) is 0 Å². The molecule has 1 amide bonds. The highest BCUT2D eigenvalue weighted by Gasteiger charge is 2.25. The molecule has 0 aliphatic carbocycles. The van der Waals surface area contributed by atoms with E-state index in [1.165, 1.54) is 88.3 Å². The molecule has 2 aliphatic heterocycles. The van der Waals surface area contributed by atoms with Gasteiger partial charge in [0.2, 0.25) is 5.91 Å². The molecule has 0 saturated carbocycles. The van der Waals surface area contributed by atoms with Crippen molar-refractivity contribution >= 4 is 132 Å². The zero-order chi connectivity index (χ0) is 66.7. The van der Waals surface area contributed by atoms with E-state index in [-0.39, 0.29) is 36.9 Å². The van der Waals surface area contributed by atoms with Gasteiger partial charge in [-0.15, -0.1) is 0 Å². The maximum absolute atomic E-state index is 12.6. The van der Waals surface area contributed by atoms with E-state index < -0.39 is 40.1 Å². The fourth-order valence-electron chi connectivity index (χ4n) is 9.31. The van der Waals surface area contributed by atoms with Gasteiger partial charge in [0.05, 0.1) is 82.2 Å². The maximum Gasteiger partial charge on any atom is 0.262 e. The minimum Gasteiger partial charge on any atom is -0.495 e. The molecular weight excluding hydrogens is 1360 g/mol. The number of nitrogens with zero attached hydrogens (tertiary/aromatic N) is 2. The third-order valence-electron chi connectivity index (χ3n) is 14.0. The molecule has 2 aliphatic rings. The first-order chi connectivity index (χ1) is 44.3. The third-order valence-corrected chi connectivity index (χ3v) is 20.5. The van der Waals surface area contributed by atoms with Crippen LogP contribution in [0.5, 0.6) is 23.0 Å². The maximum atomic E-state index is 12.6. The van der Waals surface area contributed by atoms with Crippen LogP contribution in [-0.4, -0.2) is 79.0 Å². The van der Waals surface area contributed by atoms with Crippen LogP contribution in [0.3, 0.4) is 0 Å². The van der Waals surface area contributed by atoms with Gasteiger partial charge in [-0.3, -0.25) is 28.7 Å². The molecule has 28 heteroatoms. The Labute approximate surface area is 558 Å². The van der Waals surface area contributed by atoms with Crippen molar-refractivity contribution in [3.8, 4) is 34.3 Å². The number of hydrogen-bond donors (Lipinski definition) is 4. The monoisotopic (exact) mass is 1410 g/mol. The molecule has 484 valence electrons.